The lowest BCUT2D eigenvalue weighted by Crippen LogP contribution is -2.48. The van der Waals surface area contributed by atoms with E-state index in [1.54, 1.807) is 0 Å². The van der Waals surface area contributed by atoms with E-state index in [1.165, 1.54) is 5.69 Å². The van der Waals surface area contributed by atoms with Gasteiger partial charge in [0, 0.05) is 18.6 Å². The molecule has 1 unspecified atom stereocenters. The summed E-state index contributed by atoms with van der Waals surface area (Å²) in [5.41, 5.74) is 0.962. The molecule has 2 N–H and O–H groups in total. The smallest absolute Gasteiger partial charge is 0.142 e. The van der Waals surface area contributed by atoms with Gasteiger partial charge < -0.3 is 20.1 Å². The largest absolute Gasteiger partial charge is 0.491 e. The number of aliphatic hydroxyl groups excluding tert-OH is 1. The van der Waals surface area contributed by atoms with E-state index >= 15 is 0 Å². The second-order valence-electron chi connectivity index (χ2n) is 6.05. The Kier molecular flexibility index (Phi) is 5.88. The lowest BCUT2D eigenvalue weighted by Gasteiger charge is -2.32. The number of fused-ring (bicyclic) bond motifs is 1. The third kappa shape index (κ3) is 4.35. The Labute approximate surface area is 128 Å². The summed E-state index contributed by atoms with van der Waals surface area (Å²) in [5.74, 6) is 0.974. The van der Waals surface area contributed by atoms with Gasteiger partial charge in [-0.05, 0) is 44.9 Å². The molecule has 1 atom stereocenters. The maximum Gasteiger partial charge on any atom is 0.142 e. The SMILES string of the molecule is CCCNC(C)(CO)CCN1CCCOc2ccccc21. The Morgan fingerprint density at radius 3 is 2.95 bits per heavy atom. The van der Waals surface area contributed by atoms with Crippen LogP contribution in [0.5, 0.6) is 5.75 Å². The number of anilines is 1. The van der Waals surface area contributed by atoms with Crippen molar-refractivity contribution in [2.75, 3.05) is 37.7 Å². The van der Waals surface area contributed by atoms with Crippen LogP contribution >= 0.6 is 0 Å². The zero-order chi connectivity index (χ0) is 15.1. The van der Waals surface area contributed by atoms with Gasteiger partial charge in [-0.15, -0.1) is 0 Å². The van der Waals surface area contributed by atoms with Crippen molar-refractivity contribution in [2.24, 2.45) is 0 Å². The van der Waals surface area contributed by atoms with Gasteiger partial charge in [0.15, 0.2) is 0 Å². The molecule has 1 heterocycles. The molecule has 0 saturated carbocycles. The van der Waals surface area contributed by atoms with E-state index < -0.39 is 0 Å². The van der Waals surface area contributed by atoms with E-state index in [-0.39, 0.29) is 12.1 Å². The topological polar surface area (TPSA) is 44.7 Å². The van der Waals surface area contributed by atoms with Crippen LogP contribution in [-0.4, -0.2) is 43.5 Å². The van der Waals surface area contributed by atoms with Crippen LogP contribution in [-0.2, 0) is 0 Å². The van der Waals surface area contributed by atoms with Gasteiger partial charge in [0.25, 0.3) is 0 Å². The van der Waals surface area contributed by atoms with E-state index in [1.807, 2.05) is 12.1 Å². The first-order valence-electron chi connectivity index (χ1n) is 8.01. The maximum atomic E-state index is 9.69. The number of rotatable bonds is 7. The van der Waals surface area contributed by atoms with Gasteiger partial charge in [-0.25, -0.2) is 0 Å². The third-order valence-corrected chi connectivity index (χ3v) is 4.12. The third-order valence-electron chi connectivity index (χ3n) is 4.12. The fraction of sp³-hybridized carbons (Fsp3) is 0.647. The van der Waals surface area contributed by atoms with Crippen molar-refractivity contribution in [3.05, 3.63) is 24.3 Å². The quantitative estimate of drug-likeness (QED) is 0.810. The lowest BCUT2D eigenvalue weighted by atomic mass is 9.98. The minimum atomic E-state index is -0.210. The predicted octanol–water partition coefficient (Wildman–Crippen LogP) is 2.42. The minimum Gasteiger partial charge on any atom is -0.491 e. The number of nitrogens with zero attached hydrogens (tertiary/aromatic N) is 1. The number of hydrogen-bond acceptors (Lipinski definition) is 4. The van der Waals surface area contributed by atoms with Crippen LogP contribution in [0.4, 0.5) is 5.69 Å². The summed E-state index contributed by atoms with van der Waals surface area (Å²) in [6.45, 7) is 8.06. The average molecular weight is 292 g/mol. The average Bonchev–Trinajstić information content (AvgIpc) is 2.73. The molecule has 21 heavy (non-hydrogen) atoms. The van der Waals surface area contributed by atoms with Crippen molar-refractivity contribution in [2.45, 2.75) is 38.6 Å². The van der Waals surface area contributed by atoms with E-state index in [2.05, 4.69) is 36.2 Å². The van der Waals surface area contributed by atoms with Crippen molar-refractivity contribution in [3.8, 4) is 5.75 Å². The van der Waals surface area contributed by atoms with Crippen LogP contribution in [0, 0.1) is 0 Å². The van der Waals surface area contributed by atoms with Gasteiger partial charge in [0.2, 0.25) is 0 Å². The second kappa shape index (κ2) is 7.66. The molecule has 4 heteroatoms. The zero-order valence-electron chi connectivity index (χ0n) is 13.3. The standard InChI is InChI=1S/C17H28N2O2/c1-3-10-18-17(2,14-20)9-12-19-11-6-13-21-16-8-5-4-7-15(16)19/h4-5,7-8,18,20H,3,6,9-14H2,1-2H3. The van der Waals surface area contributed by atoms with Crippen LogP contribution in [0.25, 0.3) is 0 Å². The Balaban J connectivity index is 2.02. The molecule has 1 aromatic carbocycles. The molecule has 1 aliphatic rings. The van der Waals surface area contributed by atoms with Gasteiger partial charge in [0.05, 0.1) is 18.9 Å². The number of para-hydroxylation sites is 2. The molecular formula is C17H28N2O2. The van der Waals surface area contributed by atoms with Crippen molar-refractivity contribution in [1.29, 1.82) is 0 Å². The van der Waals surface area contributed by atoms with Crippen LogP contribution in [0.3, 0.4) is 0 Å². The Morgan fingerprint density at radius 1 is 1.38 bits per heavy atom. The number of ether oxygens (including phenoxy) is 1. The minimum absolute atomic E-state index is 0.166. The van der Waals surface area contributed by atoms with Crippen LogP contribution in [0.1, 0.15) is 33.1 Å². The summed E-state index contributed by atoms with van der Waals surface area (Å²) < 4.78 is 5.80. The van der Waals surface area contributed by atoms with Gasteiger partial charge >= 0.3 is 0 Å². The van der Waals surface area contributed by atoms with Crippen molar-refractivity contribution >= 4 is 5.69 Å². The highest BCUT2D eigenvalue weighted by molar-refractivity contribution is 5.58. The van der Waals surface area contributed by atoms with Gasteiger partial charge in [0.1, 0.15) is 5.75 Å². The highest BCUT2D eigenvalue weighted by Gasteiger charge is 2.24. The number of nitrogens with one attached hydrogen (secondary N) is 1. The first-order valence-corrected chi connectivity index (χ1v) is 8.01. The molecule has 0 amide bonds. The van der Waals surface area contributed by atoms with E-state index in [0.29, 0.717) is 0 Å². The van der Waals surface area contributed by atoms with Crippen LogP contribution in [0.2, 0.25) is 0 Å². The molecule has 0 aromatic heterocycles. The molecule has 0 bridgehead atoms. The van der Waals surface area contributed by atoms with E-state index in [0.717, 1.165) is 51.3 Å². The van der Waals surface area contributed by atoms with E-state index in [9.17, 15) is 5.11 Å². The molecular weight excluding hydrogens is 264 g/mol. The van der Waals surface area contributed by atoms with E-state index in [4.69, 9.17) is 4.74 Å². The first-order chi connectivity index (χ1) is 10.2. The van der Waals surface area contributed by atoms with Crippen LogP contribution in [0.15, 0.2) is 24.3 Å². The molecule has 0 fully saturated rings. The molecule has 0 aliphatic carbocycles. The van der Waals surface area contributed by atoms with Crippen LogP contribution < -0.4 is 15.0 Å². The lowest BCUT2D eigenvalue weighted by molar-refractivity contribution is 0.167. The molecule has 1 aliphatic heterocycles. The van der Waals surface area contributed by atoms with Crippen molar-refractivity contribution in [3.63, 3.8) is 0 Å². The normalized spacial score (nSPS) is 17.6. The Bertz CT molecular complexity index is 439. The molecule has 0 radical (unpaired) electrons. The summed E-state index contributed by atoms with van der Waals surface area (Å²) in [7, 11) is 0. The number of hydrogen-bond donors (Lipinski definition) is 2. The summed E-state index contributed by atoms with van der Waals surface area (Å²) >= 11 is 0. The molecule has 118 valence electrons. The van der Waals surface area contributed by atoms with Gasteiger partial charge in [-0.2, -0.15) is 0 Å². The number of aliphatic hydroxyl groups is 1. The fourth-order valence-electron chi connectivity index (χ4n) is 2.66. The van der Waals surface area contributed by atoms with Crippen molar-refractivity contribution in [1.82, 2.24) is 5.32 Å². The fourth-order valence-corrected chi connectivity index (χ4v) is 2.66. The predicted molar refractivity (Wildman–Crippen MR) is 87.2 cm³/mol. The second-order valence-corrected chi connectivity index (χ2v) is 6.05. The molecule has 0 saturated heterocycles. The molecule has 4 nitrogen and oxygen atoms in total. The summed E-state index contributed by atoms with van der Waals surface area (Å²) in [6.07, 6.45) is 3.03. The first kappa shape index (κ1) is 16.1. The number of benzene rings is 1. The Morgan fingerprint density at radius 2 is 2.19 bits per heavy atom. The summed E-state index contributed by atoms with van der Waals surface area (Å²) in [5, 5.41) is 13.2. The van der Waals surface area contributed by atoms with Gasteiger partial charge in [-0.3, -0.25) is 0 Å². The Hall–Kier alpha value is -1.26. The summed E-state index contributed by atoms with van der Waals surface area (Å²) in [6, 6.07) is 8.23. The highest BCUT2D eigenvalue weighted by atomic mass is 16.5. The summed E-state index contributed by atoms with van der Waals surface area (Å²) in [4.78, 5) is 2.38. The highest BCUT2D eigenvalue weighted by Crippen LogP contribution is 2.31. The molecule has 1 aromatic rings. The molecule has 0 spiro atoms. The maximum absolute atomic E-state index is 9.69. The van der Waals surface area contributed by atoms with Gasteiger partial charge in [-0.1, -0.05) is 19.1 Å². The van der Waals surface area contributed by atoms with Crippen molar-refractivity contribution < 1.29 is 9.84 Å². The molecule has 2 rings (SSSR count). The zero-order valence-corrected chi connectivity index (χ0v) is 13.3. The monoisotopic (exact) mass is 292 g/mol.